The van der Waals surface area contributed by atoms with Crippen LogP contribution < -0.4 is 10.2 Å². The van der Waals surface area contributed by atoms with Gasteiger partial charge in [0.05, 0.1) is 11.3 Å². The Morgan fingerprint density at radius 2 is 1.84 bits per heavy atom. The standard InChI is InChI=1S/C11H11F3N2O3/c1-16(2)6-3-4-8(7(5-6)9(17)18)15-10(19)11(12,13)14/h3-5H,1-2H3,(H,15,19)(H,17,18). The maximum absolute atomic E-state index is 12.1. The van der Waals surface area contributed by atoms with Gasteiger partial charge in [0.1, 0.15) is 0 Å². The summed E-state index contributed by atoms with van der Waals surface area (Å²) in [6.07, 6.45) is -5.07. The van der Waals surface area contributed by atoms with E-state index in [1.54, 1.807) is 19.0 Å². The number of carboxylic acid groups (broad SMARTS) is 1. The summed E-state index contributed by atoms with van der Waals surface area (Å²) in [5.41, 5.74) is -0.327. The smallest absolute Gasteiger partial charge is 0.471 e. The summed E-state index contributed by atoms with van der Waals surface area (Å²) in [5.74, 6) is -3.64. The van der Waals surface area contributed by atoms with E-state index in [0.717, 1.165) is 6.07 Å². The predicted molar refractivity (Wildman–Crippen MR) is 62.4 cm³/mol. The van der Waals surface area contributed by atoms with E-state index in [1.165, 1.54) is 17.4 Å². The van der Waals surface area contributed by atoms with Crippen molar-refractivity contribution in [3.05, 3.63) is 23.8 Å². The molecule has 8 heteroatoms. The average molecular weight is 276 g/mol. The van der Waals surface area contributed by atoms with Gasteiger partial charge in [0, 0.05) is 19.8 Å². The molecule has 0 atom stereocenters. The SMILES string of the molecule is CN(C)c1ccc(NC(=O)C(F)(F)F)c(C(=O)O)c1. The molecule has 1 amide bonds. The third kappa shape index (κ3) is 3.60. The van der Waals surface area contributed by atoms with Crippen LogP contribution in [0.1, 0.15) is 10.4 Å². The van der Waals surface area contributed by atoms with Crippen molar-refractivity contribution in [1.29, 1.82) is 0 Å². The van der Waals surface area contributed by atoms with Gasteiger partial charge in [-0.3, -0.25) is 4.79 Å². The van der Waals surface area contributed by atoms with Gasteiger partial charge in [-0.05, 0) is 18.2 Å². The lowest BCUT2D eigenvalue weighted by atomic mass is 10.1. The number of nitrogens with zero attached hydrogens (tertiary/aromatic N) is 1. The molecule has 2 N–H and O–H groups in total. The Morgan fingerprint density at radius 1 is 1.26 bits per heavy atom. The van der Waals surface area contributed by atoms with Gasteiger partial charge >= 0.3 is 18.1 Å². The maximum Gasteiger partial charge on any atom is 0.471 e. The Labute approximate surface area is 106 Å². The van der Waals surface area contributed by atoms with Crippen LogP contribution >= 0.6 is 0 Å². The molecule has 0 saturated carbocycles. The summed E-state index contributed by atoms with van der Waals surface area (Å²) in [6, 6.07) is 3.69. The van der Waals surface area contributed by atoms with Crippen molar-refractivity contribution in [2.75, 3.05) is 24.3 Å². The zero-order chi connectivity index (χ0) is 14.8. The molecule has 1 rings (SSSR count). The van der Waals surface area contributed by atoms with E-state index < -0.39 is 29.3 Å². The van der Waals surface area contributed by atoms with Crippen molar-refractivity contribution >= 4 is 23.3 Å². The number of benzene rings is 1. The van der Waals surface area contributed by atoms with E-state index in [0.29, 0.717) is 5.69 Å². The van der Waals surface area contributed by atoms with Gasteiger partial charge in [0.25, 0.3) is 0 Å². The number of nitrogens with one attached hydrogen (secondary N) is 1. The number of anilines is 2. The minimum Gasteiger partial charge on any atom is -0.478 e. The molecule has 1 aromatic carbocycles. The molecule has 19 heavy (non-hydrogen) atoms. The van der Waals surface area contributed by atoms with Crippen LogP contribution in [0.3, 0.4) is 0 Å². The summed E-state index contributed by atoms with van der Waals surface area (Å²) in [6.45, 7) is 0. The van der Waals surface area contributed by atoms with Crippen LogP contribution in [-0.2, 0) is 4.79 Å². The molecular weight excluding hydrogens is 265 g/mol. The average Bonchev–Trinajstić information content (AvgIpc) is 2.27. The molecular formula is C11H11F3N2O3. The fraction of sp³-hybridized carbons (Fsp3) is 0.273. The van der Waals surface area contributed by atoms with Crippen molar-refractivity contribution in [3.8, 4) is 0 Å². The molecule has 5 nitrogen and oxygen atoms in total. The fourth-order valence-electron chi connectivity index (χ4n) is 1.29. The summed E-state index contributed by atoms with van der Waals surface area (Å²) in [7, 11) is 3.30. The van der Waals surface area contributed by atoms with Crippen LogP contribution in [0.15, 0.2) is 18.2 Å². The highest BCUT2D eigenvalue weighted by atomic mass is 19.4. The number of alkyl halides is 3. The highest BCUT2D eigenvalue weighted by Crippen LogP contribution is 2.24. The van der Waals surface area contributed by atoms with Crippen molar-refractivity contribution in [1.82, 2.24) is 0 Å². The van der Waals surface area contributed by atoms with Gasteiger partial charge in [-0.25, -0.2) is 4.79 Å². The molecule has 0 heterocycles. The van der Waals surface area contributed by atoms with Gasteiger partial charge < -0.3 is 15.3 Å². The molecule has 0 aromatic heterocycles. The van der Waals surface area contributed by atoms with Crippen LogP contribution in [0.2, 0.25) is 0 Å². The van der Waals surface area contributed by atoms with Crippen LogP contribution in [0.5, 0.6) is 0 Å². The first-order valence-corrected chi connectivity index (χ1v) is 5.05. The summed E-state index contributed by atoms with van der Waals surface area (Å²) in [4.78, 5) is 23.3. The van der Waals surface area contributed by atoms with Gasteiger partial charge in [-0.1, -0.05) is 0 Å². The Balaban J connectivity index is 3.15. The van der Waals surface area contributed by atoms with Crippen LogP contribution in [-0.4, -0.2) is 37.3 Å². The zero-order valence-corrected chi connectivity index (χ0v) is 10.1. The Morgan fingerprint density at radius 3 is 2.26 bits per heavy atom. The zero-order valence-electron chi connectivity index (χ0n) is 10.1. The molecule has 0 saturated heterocycles. The summed E-state index contributed by atoms with van der Waals surface area (Å²) >= 11 is 0. The number of halogens is 3. The van der Waals surface area contributed by atoms with E-state index >= 15 is 0 Å². The molecule has 0 fully saturated rings. The molecule has 0 aliphatic carbocycles. The predicted octanol–water partition coefficient (Wildman–Crippen LogP) is 1.95. The minimum atomic E-state index is -5.07. The van der Waals surface area contributed by atoms with Crippen molar-refractivity contribution in [2.45, 2.75) is 6.18 Å². The lowest BCUT2D eigenvalue weighted by molar-refractivity contribution is -0.167. The lowest BCUT2D eigenvalue weighted by Gasteiger charge is -2.16. The highest BCUT2D eigenvalue weighted by molar-refractivity contribution is 6.02. The van der Waals surface area contributed by atoms with Gasteiger partial charge in [-0.15, -0.1) is 0 Å². The second-order valence-electron chi connectivity index (χ2n) is 3.88. The van der Waals surface area contributed by atoms with Gasteiger partial charge in [0.15, 0.2) is 0 Å². The molecule has 104 valence electrons. The number of aromatic carboxylic acids is 1. The molecule has 0 radical (unpaired) electrons. The Hall–Kier alpha value is -2.25. The number of carbonyl (C=O) groups excluding carboxylic acids is 1. The van der Waals surface area contributed by atoms with Crippen LogP contribution in [0.25, 0.3) is 0 Å². The van der Waals surface area contributed by atoms with Crippen molar-refractivity contribution in [2.24, 2.45) is 0 Å². The third-order valence-corrected chi connectivity index (χ3v) is 2.26. The third-order valence-electron chi connectivity index (χ3n) is 2.26. The number of carbonyl (C=O) groups is 2. The Bertz CT molecular complexity index is 512. The number of carboxylic acids is 1. The first-order valence-electron chi connectivity index (χ1n) is 5.05. The number of amides is 1. The highest BCUT2D eigenvalue weighted by Gasteiger charge is 2.39. The molecule has 0 unspecified atom stereocenters. The molecule has 0 bridgehead atoms. The largest absolute Gasteiger partial charge is 0.478 e. The van der Waals surface area contributed by atoms with Gasteiger partial charge in [0.2, 0.25) is 0 Å². The van der Waals surface area contributed by atoms with E-state index in [-0.39, 0.29) is 0 Å². The van der Waals surface area contributed by atoms with Crippen LogP contribution in [0, 0.1) is 0 Å². The van der Waals surface area contributed by atoms with Crippen molar-refractivity contribution in [3.63, 3.8) is 0 Å². The van der Waals surface area contributed by atoms with E-state index in [1.807, 2.05) is 0 Å². The summed E-state index contributed by atoms with van der Waals surface area (Å²) in [5, 5.41) is 10.5. The first kappa shape index (κ1) is 14.8. The van der Waals surface area contributed by atoms with E-state index in [9.17, 15) is 22.8 Å². The maximum atomic E-state index is 12.1. The molecule has 0 aliphatic rings. The monoisotopic (exact) mass is 276 g/mol. The van der Waals surface area contributed by atoms with Gasteiger partial charge in [-0.2, -0.15) is 13.2 Å². The van der Waals surface area contributed by atoms with E-state index in [4.69, 9.17) is 5.11 Å². The topological polar surface area (TPSA) is 69.6 Å². The second kappa shape index (κ2) is 5.17. The molecule has 0 aliphatic heterocycles. The Kier molecular flexibility index (Phi) is 4.03. The quantitative estimate of drug-likeness (QED) is 0.885. The summed E-state index contributed by atoms with van der Waals surface area (Å²) < 4.78 is 36.3. The normalized spacial score (nSPS) is 11.0. The van der Waals surface area contributed by atoms with E-state index in [2.05, 4.69) is 0 Å². The first-order chi connectivity index (χ1) is 8.62. The lowest BCUT2D eigenvalue weighted by Crippen LogP contribution is -2.30. The number of hydrogen-bond acceptors (Lipinski definition) is 3. The molecule has 0 spiro atoms. The second-order valence-corrected chi connectivity index (χ2v) is 3.88. The number of rotatable bonds is 3. The number of hydrogen-bond donors (Lipinski definition) is 2. The van der Waals surface area contributed by atoms with Crippen molar-refractivity contribution < 1.29 is 27.9 Å². The fourth-order valence-corrected chi connectivity index (χ4v) is 1.29. The minimum absolute atomic E-state index is 0.402. The van der Waals surface area contributed by atoms with Crippen LogP contribution in [0.4, 0.5) is 24.5 Å². The molecule has 1 aromatic rings.